The average Bonchev–Trinajstić information content (AvgIpc) is 3.18. The molecule has 0 unspecified atom stereocenters. The van der Waals surface area contributed by atoms with E-state index in [4.69, 9.17) is 5.73 Å². The Balaban J connectivity index is 0.00000342. The zero-order valence-electron chi connectivity index (χ0n) is 21.3. The number of rotatable bonds is 9. The highest BCUT2D eigenvalue weighted by Gasteiger charge is 2.19. The van der Waals surface area contributed by atoms with Crippen molar-refractivity contribution in [1.82, 2.24) is 9.47 Å². The van der Waals surface area contributed by atoms with Gasteiger partial charge in [0, 0.05) is 49.8 Å². The van der Waals surface area contributed by atoms with Gasteiger partial charge in [-0.1, -0.05) is 48.9 Å². The van der Waals surface area contributed by atoms with Gasteiger partial charge in [0.2, 0.25) is 0 Å². The van der Waals surface area contributed by atoms with Crippen molar-refractivity contribution in [3.8, 4) is 11.3 Å². The fourth-order valence-corrected chi connectivity index (χ4v) is 5.10. The van der Waals surface area contributed by atoms with Crippen LogP contribution in [-0.4, -0.2) is 48.1 Å². The van der Waals surface area contributed by atoms with Crippen molar-refractivity contribution in [2.75, 3.05) is 37.6 Å². The molecule has 3 aromatic rings. The molecule has 5 nitrogen and oxygen atoms in total. The van der Waals surface area contributed by atoms with Crippen LogP contribution in [0, 0.1) is 20.8 Å². The van der Waals surface area contributed by atoms with E-state index in [9.17, 15) is 4.79 Å². The van der Waals surface area contributed by atoms with Crippen LogP contribution in [0.3, 0.4) is 0 Å². The second-order valence-corrected chi connectivity index (χ2v) is 9.52. The number of anilines is 1. The lowest BCUT2D eigenvalue weighted by Crippen LogP contribution is -2.46. The lowest BCUT2D eigenvalue weighted by molar-refractivity contribution is 0.0999. The van der Waals surface area contributed by atoms with Crippen molar-refractivity contribution in [2.45, 2.75) is 46.6 Å². The Kier molecular flexibility index (Phi) is 9.41. The summed E-state index contributed by atoms with van der Waals surface area (Å²) in [5.41, 5.74) is 13.6. The number of nitrogens with two attached hydrogens (primary N) is 1. The predicted molar refractivity (Wildman–Crippen MR) is 149 cm³/mol. The third-order valence-electron chi connectivity index (χ3n) is 7.35. The molecular weight excluding hydrogens is 456 g/mol. The minimum Gasteiger partial charge on any atom is -0.369 e. The summed E-state index contributed by atoms with van der Waals surface area (Å²) in [5, 5.41) is 0. The van der Waals surface area contributed by atoms with E-state index in [2.05, 4.69) is 58.5 Å². The van der Waals surface area contributed by atoms with Crippen molar-refractivity contribution in [2.24, 2.45) is 5.73 Å². The van der Waals surface area contributed by atoms with Crippen molar-refractivity contribution < 1.29 is 4.79 Å². The maximum atomic E-state index is 11.9. The summed E-state index contributed by atoms with van der Waals surface area (Å²) >= 11 is 0. The molecule has 188 valence electrons. The van der Waals surface area contributed by atoms with Crippen LogP contribution in [0.4, 0.5) is 5.69 Å². The van der Waals surface area contributed by atoms with E-state index in [-0.39, 0.29) is 18.3 Å². The Morgan fingerprint density at radius 3 is 2.23 bits per heavy atom. The number of carbonyl (C=O) groups is 1. The molecule has 4 rings (SSSR count). The van der Waals surface area contributed by atoms with E-state index in [1.807, 2.05) is 31.2 Å². The van der Waals surface area contributed by atoms with E-state index in [0.717, 1.165) is 62.6 Å². The summed E-state index contributed by atoms with van der Waals surface area (Å²) in [6.45, 7) is 13.0. The first-order valence-electron chi connectivity index (χ1n) is 12.5. The van der Waals surface area contributed by atoms with Gasteiger partial charge in [-0.15, -0.1) is 12.4 Å². The number of primary amides is 1. The predicted octanol–water partition coefficient (Wildman–Crippen LogP) is 5.59. The first-order valence-corrected chi connectivity index (χ1v) is 12.5. The number of piperazine rings is 1. The second kappa shape index (κ2) is 12.3. The highest BCUT2D eigenvalue weighted by atomic mass is 35.5. The molecule has 1 aliphatic heterocycles. The first-order chi connectivity index (χ1) is 16.5. The SMILES string of the molecule is Cc1cccc(N2CCN(CCCCCn3c(-c4ccccc4)cc(C(N)=O)c3C)CC2)c1C.Cl. The number of nitrogens with zero attached hydrogens (tertiary/aromatic N) is 3. The second-order valence-electron chi connectivity index (χ2n) is 9.52. The van der Waals surface area contributed by atoms with Crippen LogP contribution in [0.2, 0.25) is 0 Å². The fraction of sp³-hybridized carbons (Fsp3) is 0.414. The van der Waals surface area contributed by atoms with Crippen molar-refractivity contribution in [3.05, 3.63) is 77.0 Å². The number of benzene rings is 2. The van der Waals surface area contributed by atoms with Gasteiger partial charge in [-0.25, -0.2) is 0 Å². The summed E-state index contributed by atoms with van der Waals surface area (Å²) in [5.74, 6) is -0.353. The van der Waals surface area contributed by atoms with Crippen LogP contribution in [0.5, 0.6) is 0 Å². The molecule has 0 radical (unpaired) electrons. The molecule has 0 spiro atoms. The van der Waals surface area contributed by atoms with Crippen molar-refractivity contribution >= 4 is 24.0 Å². The lowest BCUT2D eigenvalue weighted by Gasteiger charge is -2.37. The molecular formula is C29H39ClN4O. The normalized spacial score (nSPS) is 14.1. The van der Waals surface area contributed by atoms with Crippen molar-refractivity contribution in [3.63, 3.8) is 0 Å². The number of aromatic nitrogens is 1. The Labute approximate surface area is 216 Å². The molecule has 0 bridgehead atoms. The third kappa shape index (κ3) is 6.28. The minimum absolute atomic E-state index is 0. The molecule has 0 atom stereocenters. The van der Waals surface area contributed by atoms with Gasteiger partial charge in [-0.2, -0.15) is 0 Å². The van der Waals surface area contributed by atoms with Crippen LogP contribution in [0.15, 0.2) is 54.6 Å². The molecule has 1 aliphatic rings. The van der Waals surface area contributed by atoms with Crippen LogP contribution in [0.25, 0.3) is 11.3 Å². The molecule has 0 saturated carbocycles. The van der Waals surface area contributed by atoms with Crippen LogP contribution < -0.4 is 10.6 Å². The number of hydrogen-bond acceptors (Lipinski definition) is 3. The Hall–Kier alpha value is -2.76. The van der Waals surface area contributed by atoms with Gasteiger partial charge in [-0.05, 0) is 69.0 Å². The summed E-state index contributed by atoms with van der Waals surface area (Å²) in [6, 6.07) is 18.8. The summed E-state index contributed by atoms with van der Waals surface area (Å²) in [6.07, 6.45) is 3.47. The average molecular weight is 495 g/mol. The summed E-state index contributed by atoms with van der Waals surface area (Å²) in [7, 11) is 0. The third-order valence-corrected chi connectivity index (χ3v) is 7.35. The monoisotopic (exact) mass is 494 g/mol. The number of aryl methyl sites for hydroxylation is 1. The van der Waals surface area contributed by atoms with Gasteiger partial charge in [0.1, 0.15) is 0 Å². The zero-order chi connectivity index (χ0) is 24.1. The van der Waals surface area contributed by atoms with E-state index in [0.29, 0.717) is 5.56 Å². The van der Waals surface area contributed by atoms with Gasteiger partial charge in [-0.3, -0.25) is 9.69 Å². The van der Waals surface area contributed by atoms with E-state index in [1.54, 1.807) is 0 Å². The number of hydrogen-bond donors (Lipinski definition) is 1. The van der Waals surface area contributed by atoms with E-state index in [1.165, 1.54) is 29.7 Å². The van der Waals surface area contributed by atoms with Crippen LogP contribution in [-0.2, 0) is 6.54 Å². The van der Waals surface area contributed by atoms with Crippen LogP contribution in [0.1, 0.15) is 46.4 Å². The maximum absolute atomic E-state index is 11.9. The number of halogens is 1. The molecule has 1 aromatic heterocycles. The van der Waals surface area contributed by atoms with Crippen molar-refractivity contribution in [1.29, 1.82) is 0 Å². The van der Waals surface area contributed by atoms with E-state index >= 15 is 0 Å². The molecule has 0 aliphatic carbocycles. The zero-order valence-corrected chi connectivity index (χ0v) is 22.1. The molecule has 35 heavy (non-hydrogen) atoms. The number of carbonyl (C=O) groups excluding carboxylic acids is 1. The van der Waals surface area contributed by atoms with Gasteiger partial charge < -0.3 is 15.2 Å². The Morgan fingerprint density at radius 2 is 1.54 bits per heavy atom. The van der Waals surface area contributed by atoms with Gasteiger partial charge in [0.05, 0.1) is 5.56 Å². The number of amides is 1. The Bertz CT molecular complexity index is 1120. The molecule has 1 amide bonds. The quantitative estimate of drug-likeness (QED) is 0.394. The standard InChI is InChI=1S/C29H38N4O.ClH/c1-22-11-10-14-27(23(22)2)32-19-17-31(18-20-32)15-8-5-9-16-33-24(3)26(29(30)34)21-28(33)25-12-6-4-7-13-25;/h4,6-7,10-14,21H,5,8-9,15-20H2,1-3H3,(H2,30,34);1H. The van der Waals surface area contributed by atoms with Crippen LogP contribution >= 0.6 is 12.4 Å². The van der Waals surface area contributed by atoms with Gasteiger partial charge in [0.25, 0.3) is 5.91 Å². The molecule has 2 aromatic carbocycles. The molecule has 6 heteroatoms. The summed E-state index contributed by atoms with van der Waals surface area (Å²) < 4.78 is 2.26. The highest BCUT2D eigenvalue weighted by Crippen LogP contribution is 2.27. The van der Waals surface area contributed by atoms with E-state index < -0.39 is 0 Å². The largest absolute Gasteiger partial charge is 0.369 e. The fourth-order valence-electron chi connectivity index (χ4n) is 5.10. The smallest absolute Gasteiger partial charge is 0.250 e. The lowest BCUT2D eigenvalue weighted by atomic mass is 10.1. The molecule has 2 N–H and O–H groups in total. The first kappa shape index (κ1) is 26.8. The number of unbranched alkanes of at least 4 members (excludes halogenated alkanes) is 2. The molecule has 2 heterocycles. The Morgan fingerprint density at radius 1 is 0.857 bits per heavy atom. The topological polar surface area (TPSA) is 54.5 Å². The summed E-state index contributed by atoms with van der Waals surface area (Å²) in [4.78, 5) is 17.1. The van der Waals surface area contributed by atoms with Gasteiger partial charge in [0.15, 0.2) is 0 Å². The highest BCUT2D eigenvalue weighted by molar-refractivity contribution is 5.95. The minimum atomic E-state index is -0.353. The molecule has 1 fully saturated rings. The molecule has 1 saturated heterocycles. The maximum Gasteiger partial charge on any atom is 0.250 e. The van der Waals surface area contributed by atoms with Gasteiger partial charge >= 0.3 is 0 Å².